The van der Waals surface area contributed by atoms with E-state index in [0.29, 0.717) is 11.4 Å². The first-order valence-corrected chi connectivity index (χ1v) is 9.93. The molecular formula is C20H18ClN3OS. The number of aromatic nitrogens is 2. The van der Waals surface area contributed by atoms with Crippen molar-refractivity contribution in [2.75, 3.05) is 5.32 Å². The van der Waals surface area contributed by atoms with E-state index in [9.17, 15) is 4.79 Å². The Balaban J connectivity index is 1.63. The molecule has 2 heterocycles. The van der Waals surface area contributed by atoms with Crippen molar-refractivity contribution in [2.45, 2.75) is 24.9 Å². The minimum absolute atomic E-state index is 0.0548. The van der Waals surface area contributed by atoms with Crippen LogP contribution in [0.3, 0.4) is 0 Å². The van der Waals surface area contributed by atoms with E-state index in [1.54, 1.807) is 12.1 Å². The van der Waals surface area contributed by atoms with E-state index in [1.165, 1.54) is 0 Å². The average Bonchev–Trinajstić information content (AvgIpc) is 3.20. The van der Waals surface area contributed by atoms with E-state index in [4.69, 9.17) is 16.7 Å². The number of hydrogen-bond donors (Lipinski definition) is 1. The van der Waals surface area contributed by atoms with Crippen LogP contribution in [0, 0.1) is 6.92 Å². The third-order valence-electron chi connectivity index (χ3n) is 4.33. The zero-order valence-electron chi connectivity index (χ0n) is 14.3. The normalized spacial score (nSPS) is 12.8. The number of amides is 1. The van der Waals surface area contributed by atoms with Gasteiger partial charge in [-0.1, -0.05) is 35.9 Å². The Hall–Kier alpha value is -2.24. The lowest BCUT2D eigenvalue weighted by atomic mass is 10.1. The van der Waals surface area contributed by atoms with Crippen LogP contribution in [-0.2, 0) is 22.7 Å². The molecule has 1 aromatic heterocycles. The highest BCUT2D eigenvalue weighted by Crippen LogP contribution is 2.36. The number of rotatable bonds is 4. The summed E-state index contributed by atoms with van der Waals surface area (Å²) in [5.74, 6) is 2.49. The van der Waals surface area contributed by atoms with Crippen LogP contribution in [0.5, 0.6) is 0 Å². The Morgan fingerprint density at radius 3 is 2.81 bits per heavy atom. The summed E-state index contributed by atoms with van der Waals surface area (Å²) < 4.78 is 1.86. The van der Waals surface area contributed by atoms with Gasteiger partial charge in [-0.25, -0.2) is 4.68 Å². The van der Waals surface area contributed by atoms with E-state index in [-0.39, 0.29) is 5.91 Å². The topological polar surface area (TPSA) is 46.9 Å². The summed E-state index contributed by atoms with van der Waals surface area (Å²) in [6.45, 7) is 2.05. The number of carbonyl (C=O) groups excluding carboxylic acids is 1. The Kier molecular flexibility index (Phi) is 4.74. The highest BCUT2D eigenvalue weighted by Gasteiger charge is 2.24. The summed E-state index contributed by atoms with van der Waals surface area (Å²) in [7, 11) is 0. The van der Waals surface area contributed by atoms with Crippen LogP contribution in [-0.4, -0.2) is 15.7 Å². The third-order valence-corrected chi connectivity index (χ3v) is 5.56. The van der Waals surface area contributed by atoms with Gasteiger partial charge in [0.1, 0.15) is 5.82 Å². The molecule has 6 heteroatoms. The molecule has 3 aromatic rings. The summed E-state index contributed by atoms with van der Waals surface area (Å²) in [6.07, 6.45) is 0.304. The van der Waals surface area contributed by atoms with Gasteiger partial charge in [0, 0.05) is 22.1 Å². The molecule has 1 N–H and O–H groups in total. The van der Waals surface area contributed by atoms with Gasteiger partial charge in [-0.2, -0.15) is 16.9 Å². The van der Waals surface area contributed by atoms with Crippen molar-refractivity contribution >= 4 is 35.1 Å². The molecule has 26 heavy (non-hydrogen) atoms. The maximum atomic E-state index is 12.6. The molecule has 0 fully saturated rings. The van der Waals surface area contributed by atoms with Crippen LogP contribution in [0.4, 0.5) is 5.82 Å². The number of fused-ring (bicyclic) bond motifs is 1. The van der Waals surface area contributed by atoms with E-state index < -0.39 is 0 Å². The lowest BCUT2D eigenvalue weighted by molar-refractivity contribution is -0.115. The number of benzene rings is 2. The maximum Gasteiger partial charge on any atom is 0.229 e. The number of halogens is 1. The molecule has 0 saturated heterocycles. The second-order valence-electron chi connectivity index (χ2n) is 6.37. The SMILES string of the molecule is Cc1cccc(-n2nc3c(c2NC(=O)Cc2ccc(Cl)cc2)CSC3)c1. The Morgan fingerprint density at radius 2 is 2.04 bits per heavy atom. The monoisotopic (exact) mass is 383 g/mol. The van der Waals surface area contributed by atoms with Crippen molar-refractivity contribution < 1.29 is 4.79 Å². The zero-order valence-corrected chi connectivity index (χ0v) is 15.9. The Labute approximate surface area is 161 Å². The molecule has 0 atom stereocenters. The Morgan fingerprint density at radius 1 is 1.23 bits per heavy atom. The van der Waals surface area contributed by atoms with Crippen LogP contribution in [0.2, 0.25) is 5.02 Å². The molecule has 1 aliphatic heterocycles. The number of carbonyl (C=O) groups is 1. The molecule has 4 rings (SSSR count). The summed E-state index contributed by atoms with van der Waals surface area (Å²) in [5, 5.41) is 8.49. The van der Waals surface area contributed by atoms with Crippen molar-refractivity contribution in [2.24, 2.45) is 0 Å². The largest absolute Gasteiger partial charge is 0.310 e. The van der Waals surface area contributed by atoms with Crippen molar-refractivity contribution in [1.29, 1.82) is 0 Å². The minimum atomic E-state index is -0.0548. The number of hydrogen-bond acceptors (Lipinski definition) is 3. The molecule has 1 amide bonds. The fourth-order valence-electron chi connectivity index (χ4n) is 3.05. The van der Waals surface area contributed by atoms with Crippen molar-refractivity contribution in [3.63, 3.8) is 0 Å². The fourth-order valence-corrected chi connectivity index (χ4v) is 4.21. The van der Waals surface area contributed by atoms with Crippen molar-refractivity contribution in [1.82, 2.24) is 9.78 Å². The van der Waals surface area contributed by atoms with E-state index in [2.05, 4.69) is 24.4 Å². The van der Waals surface area contributed by atoms with Crippen molar-refractivity contribution in [3.05, 3.63) is 75.9 Å². The van der Waals surface area contributed by atoms with Gasteiger partial charge in [-0.3, -0.25) is 4.79 Å². The molecule has 0 unspecified atom stereocenters. The molecule has 0 saturated carbocycles. The molecule has 0 radical (unpaired) electrons. The first-order chi connectivity index (χ1) is 12.6. The number of nitrogens with zero attached hydrogens (tertiary/aromatic N) is 2. The number of aryl methyl sites for hydroxylation is 1. The van der Waals surface area contributed by atoms with E-state index in [1.807, 2.05) is 40.7 Å². The molecule has 1 aliphatic rings. The summed E-state index contributed by atoms with van der Waals surface area (Å²) in [6, 6.07) is 15.5. The predicted molar refractivity (Wildman–Crippen MR) is 107 cm³/mol. The van der Waals surface area contributed by atoms with Crippen LogP contribution in [0.1, 0.15) is 22.4 Å². The van der Waals surface area contributed by atoms with Gasteiger partial charge in [0.25, 0.3) is 0 Å². The van der Waals surface area contributed by atoms with Gasteiger partial charge >= 0.3 is 0 Å². The van der Waals surface area contributed by atoms with E-state index in [0.717, 1.165) is 45.4 Å². The van der Waals surface area contributed by atoms with Gasteiger partial charge in [-0.05, 0) is 42.3 Å². The summed E-state index contributed by atoms with van der Waals surface area (Å²) in [5.41, 5.74) is 5.23. The van der Waals surface area contributed by atoms with Gasteiger partial charge in [0.05, 0.1) is 17.8 Å². The number of nitrogens with one attached hydrogen (secondary N) is 1. The molecule has 132 valence electrons. The second kappa shape index (κ2) is 7.17. The first kappa shape index (κ1) is 17.2. The fraction of sp³-hybridized carbons (Fsp3) is 0.200. The quantitative estimate of drug-likeness (QED) is 0.706. The first-order valence-electron chi connectivity index (χ1n) is 8.40. The molecule has 4 nitrogen and oxygen atoms in total. The Bertz CT molecular complexity index is 966. The summed E-state index contributed by atoms with van der Waals surface area (Å²) in [4.78, 5) is 12.6. The smallest absolute Gasteiger partial charge is 0.229 e. The lowest BCUT2D eigenvalue weighted by Gasteiger charge is -2.11. The lowest BCUT2D eigenvalue weighted by Crippen LogP contribution is -2.18. The van der Waals surface area contributed by atoms with Gasteiger partial charge in [-0.15, -0.1) is 0 Å². The molecule has 2 aromatic carbocycles. The molecule has 0 aliphatic carbocycles. The van der Waals surface area contributed by atoms with E-state index >= 15 is 0 Å². The number of anilines is 1. The summed E-state index contributed by atoms with van der Waals surface area (Å²) >= 11 is 7.74. The van der Waals surface area contributed by atoms with Crippen LogP contribution in [0.15, 0.2) is 48.5 Å². The van der Waals surface area contributed by atoms with Gasteiger partial charge < -0.3 is 5.32 Å². The highest BCUT2D eigenvalue weighted by atomic mass is 35.5. The second-order valence-corrected chi connectivity index (χ2v) is 7.79. The highest BCUT2D eigenvalue weighted by molar-refractivity contribution is 7.98. The number of thioether (sulfide) groups is 1. The third kappa shape index (κ3) is 3.50. The standard InChI is InChI=1S/C20H18ClN3OS/c1-13-3-2-4-16(9-13)24-20(17-11-26-12-18(17)23-24)22-19(25)10-14-5-7-15(21)8-6-14/h2-9H,10-12H2,1H3,(H,22,25). The van der Waals surface area contributed by atoms with Crippen LogP contribution >= 0.6 is 23.4 Å². The molecular weight excluding hydrogens is 366 g/mol. The van der Waals surface area contributed by atoms with Crippen LogP contribution < -0.4 is 5.32 Å². The minimum Gasteiger partial charge on any atom is -0.310 e. The molecule has 0 bridgehead atoms. The zero-order chi connectivity index (χ0) is 18.1. The van der Waals surface area contributed by atoms with Gasteiger partial charge in [0.15, 0.2) is 0 Å². The van der Waals surface area contributed by atoms with Gasteiger partial charge in [0.2, 0.25) is 5.91 Å². The predicted octanol–water partition coefficient (Wildman–Crippen LogP) is 4.76. The average molecular weight is 384 g/mol. The van der Waals surface area contributed by atoms with Crippen molar-refractivity contribution in [3.8, 4) is 5.69 Å². The molecule has 0 spiro atoms. The maximum absolute atomic E-state index is 12.6. The van der Waals surface area contributed by atoms with Crippen LogP contribution in [0.25, 0.3) is 5.69 Å².